The van der Waals surface area contributed by atoms with E-state index in [2.05, 4.69) is 0 Å². The van der Waals surface area contributed by atoms with Crippen molar-refractivity contribution in [3.05, 3.63) is 188 Å². The molecule has 5 nitrogen and oxygen atoms in total. The fourth-order valence-corrected chi connectivity index (χ4v) is 7.03. The molecule has 8 rings (SSSR count). The van der Waals surface area contributed by atoms with Gasteiger partial charge < -0.3 is 19.7 Å². The molecule has 2 N–H and O–H groups in total. The van der Waals surface area contributed by atoms with Crippen LogP contribution in [0.4, 0.5) is 0 Å². The van der Waals surface area contributed by atoms with Crippen LogP contribution in [-0.4, -0.2) is 16.0 Å². The van der Waals surface area contributed by atoms with Gasteiger partial charge in [0, 0.05) is 47.9 Å². The zero-order valence-electron chi connectivity index (χ0n) is 26.4. The normalized spacial score (nSPS) is 13.0. The monoisotopic (exact) mass is 630 g/mol. The Kier molecular flexibility index (Phi) is 7.65. The highest BCUT2D eigenvalue weighted by molar-refractivity contribution is 6.13. The Morgan fingerprint density at radius 2 is 0.896 bits per heavy atom. The van der Waals surface area contributed by atoms with Crippen LogP contribution in [0.1, 0.15) is 71.6 Å². The summed E-state index contributed by atoms with van der Waals surface area (Å²) in [7, 11) is 0. The lowest BCUT2D eigenvalue weighted by atomic mass is 9.81. The van der Waals surface area contributed by atoms with E-state index in [-0.39, 0.29) is 17.3 Å². The second-order valence-electron chi connectivity index (χ2n) is 12.6. The number of ketones is 1. The average Bonchev–Trinajstić information content (AvgIpc) is 3.11. The van der Waals surface area contributed by atoms with Crippen molar-refractivity contribution in [2.24, 2.45) is 0 Å². The molecule has 0 unspecified atom stereocenters. The molecular formula is C43H34O5. The van der Waals surface area contributed by atoms with Gasteiger partial charge in [0.1, 0.15) is 36.2 Å². The van der Waals surface area contributed by atoms with Crippen LogP contribution in [-0.2, 0) is 38.9 Å². The minimum Gasteiger partial charge on any atom is -0.507 e. The average molecular weight is 631 g/mol. The number of phenolic OH excluding ortho intramolecular Hbond substituents is 2. The van der Waals surface area contributed by atoms with Crippen molar-refractivity contribution in [3.63, 3.8) is 0 Å². The Bertz CT molecular complexity index is 2170. The summed E-state index contributed by atoms with van der Waals surface area (Å²) < 4.78 is 13.1. The predicted molar refractivity (Wildman–Crippen MR) is 185 cm³/mol. The molecule has 0 saturated carbocycles. The van der Waals surface area contributed by atoms with Crippen molar-refractivity contribution >= 4 is 5.78 Å². The predicted octanol–water partition coefficient (Wildman–Crippen LogP) is 8.48. The maximum absolute atomic E-state index is 14.0. The summed E-state index contributed by atoms with van der Waals surface area (Å²) in [5.74, 6) is 1.58. The van der Waals surface area contributed by atoms with E-state index in [4.69, 9.17) is 9.47 Å². The minimum absolute atomic E-state index is 0.125. The summed E-state index contributed by atoms with van der Waals surface area (Å²) in [5, 5.41) is 23.5. The molecule has 0 fully saturated rings. The van der Waals surface area contributed by atoms with Crippen molar-refractivity contribution < 1.29 is 24.5 Å². The summed E-state index contributed by atoms with van der Waals surface area (Å²) in [6.45, 7) is 0.703. The van der Waals surface area contributed by atoms with E-state index in [1.165, 1.54) is 0 Å². The third-order valence-corrected chi connectivity index (χ3v) is 9.53. The fraction of sp³-hybridized carbons (Fsp3) is 0.140. The molecule has 0 saturated heterocycles. The molecule has 2 aliphatic carbocycles. The SMILES string of the molecule is O=C1c2ccc3c(O)c2Cc2c1ccc(c2OCc1ccccc1)Cc1cccc(c1O)Cc1cccc(c1OCc1ccccc1)C3. The van der Waals surface area contributed by atoms with Crippen molar-refractivity contribution in [1.82, 2.24) is 0 Å². The summed E-state index contributed by atoms with van der Waals surface area (Å²) in [6, 6.07) is 39.3. The molecule has 6 aromatic rings. The van der Waals surface area contributed by atoms with E-state index >= 15 is 0 Å². The molecular weight excluding hydrogens is 596 g/mol. The highest BCUT2D eigenvalue weighted by Crippen LogP contribution is 2.43. The molecule has 0 aromatic heterocycles. The molecule has 8 bridgehead atoms. The van der Waals surface area contributed by atoms with E-state index in [0.29, 0.717) is 66.9 Å². The smallest absolute Gasteiger partial charge is 0.193 e. The van der Waals surface area contributed by atoms with Gasteiger partial charge >= 0.3 is 0 Å². The first kappa shape index (κ1) is 29.6. The number of aromatic hydroxyl groups is 2. The minimum atomic E-state index is -0.135. The van der Waals surface area contributed by atoms with Crippen LogP contribution in [0.15, 0.2) is 121 Å². The van der Waals surface area contributed by atoms with E-state index in [1.54, 1.807) is 0 Å². The molecule has 6 aromatic carbocycles. The topological polar surface area (TPSA) is 76.0 Å². The number of phenols is 2. The van der Waals surface area contributed by atoms with E-state index in [9.17, 15) is 15.0 Å². The maximum atomic E-state index is 14.0. The fourth-order valence-electron chi connectivity index (χ4n) is 7.03. The van der Waals surface area contributed by atoms with Gasteiger partial charge in [-0.15, -0.1) is 0 Å². The first-order chi connectivity index (χ1) is 23.5. The summed E-state index contributed by atoms with van der Waals surface area (Å²) in [5.41, 5.74) is 9.47. The second kappa shape index (κ2) is 12.4. The van der Waals surface area contributed by atoms with Crippen LogP contribution in [0.25, 0.3) is 0 Å². The zero-order valence-corrected chi connectivity index (χ0v) is 26.4. The molecule has 0 amide bonds. The van der Waals surface area contributed by atoms with Crippen LogP contribution in [0.5, 0.6) is 23.0 Å². The van der Waals surface area contributed by atoms with Gasteiger partial charge in [0.25, 0.3) is 0 Å². The molecule has 0 spiro atoms. The highest BCUT2D eigenvalue weighted by Gasteiger charge is 2.31. The number of hydrogen-bond acceptors (Lipinski definition) is 5. The maximum Gasteiger partial charge on any atom is 0.193 e. The van der Waals surface area contributed by atoms with Gasteiger partial charge in [0.05, 0.1) is 0 Å². The van der Waals surface area contributed by atoms with E-state index in [1.807, 2.05) is 121 Å². The summed E-state index contributed by atoms with van der Waals surface area (Å²) >= 11 is 0. The van der Waals surface area contributed by atoms with Crippen LogP contribution in [0.2, 0.25) is 0 Å². The third kappa shape index (κ3) is 5.47. The summed E-state index contributed by atoms with van der Waals surface area (Å²) in [4.78, 5) is 14.0. The van der Waals surface area contributed by atoms with Crippen molar-refractivity contribution in [2.45, 2.75) is 38.9 Å². The van der Waals surface area contributed by atoms with E-state index in [0.717, 1.165) is 50.3 Å². The number of fused-ring (bicyclic) bond motifs is 6. The molecule has 236 valence electrons. The molecule has 0 radical (unpaired) electrons. The Hall–Kier alpha value is -5.81. The van der Waals surface area contributed by atoms with Gasteiger partial charge in [-0.3, -0.25) is 4.79 Å². The number of para-hydroxylation sites is 2. The van der Waals surface area contributed by atoms with Crippen LogP contribution in [0.3, 0.4) is 0 Å². The molecule has 0 aliphatic heterocycles. The Labute approximate surface area is 279 Å². The molecule has 2 aliphatic rings. The zero-order chi connectivity index (χ0) is 32.6. The molecule has 0 atom stereocenters. The Balaban J connectivity index is 1.29. The van der Waals surface area contributed by atoms with Crippen molar-refractivity contribution in [2.75, 3.05) is 0 Å². The van der Waals surface area contributed by atoms with Crippen molar-refractivity contribution in [3.8, 4) is 23.0 Å². The second-order valence-corrected chi connectivity index (χ2v) is 12.6. The van der Waals surface area contributed by atoms with Gasteiger partial charge in [0.2, 0.25) is 0 Å². The largest absolute Gasteiger partial charge is 0.507 e. The van der Waals surface area contributed by atoms with Crippen LogP contribution < -0.4 is 9.47 Å². The molecule has 5 heteroatoms. The number of carbonyl (C=O) groups excluding carboxylic acids is 1. The van der Waals surface area contributed by atoms with Crippen molar-refractivity contribution in [1.29, 1.82) is 0 Å². The number of rotatable bonds is 6. The lowest BCUT2D eigenvalue weighted by Crippen LogP contribution is -2.18. The standard InChI is InChI=1S/C43H34O5/c44-39-29-13-7-14-30(39)22-34-18-20-36-38(43(34)48-26-28-11-5-2-6-12-28)24-37-35(41(36)46)19-17-31(40(37)45)23-33-16-8-15-32(21-29)42(33)47-25-27-9-3-1-4-10-27/h1-20,44-45H,21-26H2. The lowest BCUT2D eigenvalue weighted by Gasteiger charge is -2.26. The van der Waals surface area contributed by atoms with Gasteiger partial charge in [0.15, 0.2) is 5.78 Å². The number of hydrogen-bond donors (Lipinski definition) is 2. The van der Waals surface area contributed by atoms with Crippen LogP contribution in [0, 0.1) is 0 Å². The Morgan fingerprint density at radius 1 is 0.438 bits per heavy atom. The van der Waals surface area contributed by atoms with Gasteiger partial charge in [-0.25, -0.2) is 0 Å². The third-order valence-electron chi connectivity index (χ3n) is 9.53. The van der Waals surface area contributed by atoms with Gasteiger partial charge in [-0.2, -0.15) is 0 Å². The lowest BCUT2D eigenvalue weighted by molar-refractivity contribution is 0.103. The van der Waals surface area contributed by atoms with E-state index < -0.39 is 0 Å². The van der Waals surface area contributed by atoms with Crippen LogP contribution >= 0.6 is 0 Å². The number of benzene rings is 6. The van der Waals surface area contributed by atoms with Gasteiger partial charge in [-0.05, 0) is 44.5 Å². The molecule has 48 heavy (non-hydrogen) atoms. The van der Waals surface area contributed by atoms with Gasteiger partial charge in [-0.1, -0.05) is 121 Å². The highest BCUT2D eigenvalue weighted by atomic mass is 16.5. The first-order valence-electron chi connectivity index (χ1n) is 16.3. The number of ether oxygens (including phenoxy) is 2. The Morgan fingerprint density at radius 3 is 1.48 bits per heavy atom. The first-order valence-corrected chi connectivity index (χ1v) is 16.3. The quantitative estimate of drug-likeness (QED) is 0.193. The summed E-state index contributed by atoms with van der Waals surface area (Å²) in [6.07, 6.45) is 1.62. The molecule has 0 heterocycles. The number of carbonyl (C=O) groups is 1.